The van der Waals surface area contributed by atoms with Gasteiger partial charge in [-0.15, -0.1) is 0 Å². The normalized spacial score (nSPS) is 23.2. The zero-order valence-electron chi connectivity index (χ0n) is 9.26. The van der Waals surface area contributed by atoms with Gasteiger partial charge in [0.2, 0.25) is 0 Å². The number of aliphatic imine (C=N–C) groups is 1. The van der Waals surface area contributed by atoms with E-state index in [4.69, 9.17) is 4.74 Å². The van der Waals surface area contributed by atoms with Crippen molar-refractivity contribution in [1.82, 2.24) is 0 Å². The quantitative estimate of drug-likeness (QED) is 0.659. The summed E-state index contributed by atoms with van der Waals surface area (Å²) in [6, 6.07) is 0. The van der Waals surface area contributed by atoms with Gasteiger partial charge in [-0.25, -0.2) is 4.99 Å². The molecule has 0 aromatic rings. The lowest BCUT2D eigenvalue weighted by Crippen LogP contribution is -2.31. The van der Waals surface area contributed by atoms with Gasteiger partial charge < -0.3 is 4.74 Å². The van der Waals surface area contributed by atoms with Crippen LogP contribution in [0.25, 0.3) is 0 Å². The summed E-state index contributed by atoms with van der Waals surface area (Å²) < 4.78 is 5.58. The standard InChI is InChI=1S/C11H21NO/c1-5-6-9(2)10-12-11(3,4)7-8-13-10/h9H,5-8H2,1-4H3/t9-/m0/s1. The Morgan fingerprint density at radius 2 is 2.23 bits per heavy atom. The maximum Gasteiger partial charge on any atom is 0.186 e. The molecule has 0 fully saturated rings. The molecule has 1 heterocycles. The van der Waals surface area contributed by atoms with Crippen molar-refractivity contribution >= 4 is 5.90 Å². The molecule has 0 unspecified atom stereocenters. The molecule has 0 spiro atoms. The molecule has 0 saturated heterocycles. The van der Waals surface area contributed by atoms with Crippen molar-refractivity contribution in [1.29, 1.82) is 0 Å². The third-order valence-electron chi connectivity index (χ3n) is 2.52. The molecule has 0 N–H and O–H groups in total. The van der Waals surface area contributed by atoms with Crippen LogP contribution in [0.3, 0.4) is 0 Å². The first-order valence-electron chi connectivity index (χ1n) is 5.27. The summed E-state index contributed by atoms with van der Waals surface area (Å²) in [4.78, 5) is 4.63. The van der Waals surface area contributed by atoms with Crippen molar-refractivity contribution in [2.45, 2.75) is 52.5 Å². The van der Waals surface area contributed by atoms with E-state index in [9.17, 15) is 0 Å². The highest BCUT2D eigenvalue weighted by Crippen LogP contribution is 2.23. The summed E-state index contributed by atoms with van der Waals surface area (Å²) >= 11 is 0. The molecule has 0 saturated carbocycles. The fourth-order valence-electron chi connectivity index (χ4n) is 1.60. The molecule has 1 rings (SSSR count). The smallest absolute Gasteiger partial charge is 0.186 e. The Morgan fingerprint density at radius 3 is 2.77 bits per heavy atom. The van der Waals surface area contributed by atoms with Crippen LogP contribution >= 0.6 is 0 Å². The first-order chi connectivity index (χ1) is 6.05. The summed E-state index contributed by atoms with van der Waals surface area (Å²) in [7, 11) is 0. The molecule has 0 aromatic carbocycles. The second-order valence-corrected chi connectivity index (χ2v) is 4.55. The average molecular weight is 183 g/mol. The summed E-state index contributed by atoms with van der Waals surface area (Å²) in [5, 5.41) is 0. The predicted molar refractivity (Wildman–Crippen MR) is 56.2 cm³/mol. The molecule has 2 nitrogen and oxygen atoms in total. The summed E-state index contributed by atoms with van der Waals surface area (Å²) in [5.74, 6) is 1.46. The second-order valence-electron chi connectivity index (χ2n) is 4.55. The Hall–Kier alpha value is -0.530. The van der Waals surface area contributed by atoms with E-state index in [1.54, 1.807) is 0 Å². The lowest BCUT2D eigenvalue weighted by Gasteiger charge is -2.29. The Kier molecular flexibility index (Phi) is 3.34. The van der Waals surface area contributed by atoms with Crippen LogP contribution < -0.4 is 0 Å². The number of hydrogen-bond acceptors (Lipinski definition) is 2. The van der Waals surface area contributed by atoms with Gasteiger partial charge in [-0.1, -0.05) is 20.3 Å². The first kappa shape index (κ1) is 10.6. The van der Waals surface area contributed by atoms with Gasteiger partial charge >= 0.3 is 0 Å². The maximum atomic E-state index is 5.58. The first-order valence-corrected chi connectivity index (χ1v) is 5.27. The Bertz CT molecular complexity index is 196. The largest absolute Gasteiger partial charge is 0.481 e. The van der Waals surface area contributed by atoms with Crippen molar-refractivity contribution < 1.29 is 4.74 Å². The molecule has 76 valence electrons. The Labute approximate surface area is 81.4 Å². The van der Waals surface area contributed by atoms with Gasteiger partial charge in [-0.2, -0.15) is 0 Å². The number of ether oxygens (including phenoxy) is 1. The van der Waals surface area contributed by atoms with Gasteiger partial charge in [0.25, 0.3) is 0 Å². The van der Waals surface area contributed by atoms with Crippen LogP contribution in [0, 0.1) is 5.92 Å². The molecule has 1 aliphatic heterocycles. The van der Waals surface area contributed by atoms with E-state index < -0.39 is 0 Å². The fourth-order valence-corrected chi connectivity index (χ4v) is 1.60. The Morgan fingerprint density at radius 1 is 1.54 bits per heavy atom. The summed E-state index contributed by atoms with van der Waals surface area (Å²) in [6.07, 6.45) is 3.41. The molecule has 1 aliphatic rings. The van der Waals surface area contributed by atoms with Crippen LogP contribution in [0.2, 0.25) is 0 Å². The van der Waals surface area contributed by atoms with Crippen molar-refractivity contribution in [3.05, 3.63) is 0 Å². The third kappa shape index (κ3) is 3.02. The minimum absolute atomic E-state index is 0.0928. The predicted octanol–water partition coefficient (Wildman–Crippen LogP) is 3.02. The molecule has 1 atom stereocenters. The van der Waals surface area contributed by atoms with E-state index >= 15 is 0 Å². The fraction of sp³-hybridized carbons (Fsp3) is 0.909. The van der Waals surface area contributed by atoms with Gasteiger partial charge in [-0.05, 0) is 20.3 Å². The highest BCUT2D eigenvalue weighted by Gasteiger charge is 2.25. The molecule has 0 aromatic heterocycles. The van der Waals surface area contributed by atoms with Gasteiger partial charge in [0.1, 0.15) is 0 Å². The molecule has 13 heavy (non-hydrogen) atoms. The highest BCUT2D eigenvalue weighted by molar-refractivity contribution is 5.79. The van der Waals surface area contributed by atoms with Crippen LogP contribution in [-0.2, 0) is 4.74 Å². The lowest BCUT2D eigenvalue weighted by molar-refractivity contribution is 0.212. The average Bonchev–Trinajstić information content (AvgIpc) is 2.03. The number of hydrogen-bond donors (Lipinski definition) is 0. The van der Waals surface area contributed by atoms with Gasteiger partial charge in [-0.3, -0.25) is 0 Å². The zero-order valence-corrected chi connectivity index (χ0v) is 9.26. The second kappa shape index (κ2) is 4.12. The van der Waals surface area contributed by atoms with Crippen molar-refractivity contribution in [3.8, 4) is 0 Å². The highest BCUT2D eigenvalue weighted by atomic mass is 16.5. The number of nitrogens with zero attached hydrogens (tertiary/aromatic N) is 1. The van der Waals surface area contributed by atoms with Crippen molar-refractivity contribution in [2.75, 3.05) is 6.61 Å². The molecule has 0 radical (unpaired) electrons. The van der Waals surface area contributed by atoms with Crippen LogP contribution in [0.5, 0.6) is 0 Å². The summed E-state index contributed by atoms with van der Waals surface area (Å²) in [6.45, 7) is 9.58. The van der Waals surface area contributed by atoms with E-state index in [2.05, 4.69) is 32.7 Å². The minimum atomic E-state index is 0.0928. The maximum absolute atomic E-state index is 5.58. The van der Waals surface area contributed by atoms with E-state index in [0.29, 0.717) is 5.92 Å². The van der Waals surface area contributed by atoms with Crippen LogP contribution in [0.15, 0.2) is 4.99 Å². The lowest BCUT2D eigenvalue weighted by atomic mass is 9.99. The molecular weight excluding hydrogens is 162 g/mol. The van der Waals surface area contributed by atoms with Gasteiger partial charge in [0, 0.05) is 12.3 Å². The zero-order chi connectivity index (χ0) is 9.90. The van der Waals surface area contributed by atoms with Gasteiger partial charge in [0.05, 0.1) is 12.1 Å². The van der Waals surface area contributed by atoms with E-state index in [1.165, 1.54) is 12.8 Å². The van der Waals surface area contributed by atoms with Crippen molar-refractivity contribution in [2.24, 2.45) is 10.9 Å². The monoisotopic (exact) mass is 183 g/mol. The van der Waals surface area contributed by atoms with E-state index in [1.807, 2.05) is 0 Å². The van der Waals surface area contributed by atoms with E-state index in [-0.39, 0.29) is 5.54 Å². The molecule has 0 aliphatic carbocycles. The Balaban J connectivity index is 2.63. The minimum Gasteiger partial charge on any atom is -0.481 e. The van der Waals surface area contributed by atoms with Crippen molar-refractivity contribution in [3.63, 3.8) is 0 Å². The van der Waals surface area contributed by atoms with Crippen LogP contribution in [0.1, 0.15) is 47.0 Å². The van der Waals surface area contributed by atoms with Crippen LogP contribution in [-0.4, -0.2) is 18.0 Å². The van der Waals surface area contributed by atoms with Gasteiger partial charge in [0.15, 0.2) is 5.90 Å². The topological polar surface area (TPSA) is 21.6 Å². The third-order valence-corrected chi connectivity index (χ3v) is 2.52. The van der Waals surface area contributed by atoms with E-state index in [0.717, 1.165) is 18.9 Å². The molecular formula is C11H21NO. The SMILES string of the molecule is CCC[C@H](C)C1=NC(C)(C)CCO1. The molecule has 2 heteroatoms. The summed E-state index contributed by atoms with van der Waals surface area (Å²) in [5.41, 5.74) is 0.0928. The molecule has 0 amide bonds. The van der Waals surface area contributed by atoms with Crippen LogP contribution in [0.4, 0.5) is 0 Å². The number of rotatable bonds is 3. The molecule has 0 bridgehead atoms.